The third-order valence-electron chi connectivity index (χ3n) is 3.22. The molecule has 0 aliphatic carbocycles. The molecule has 0 radical (unpaired) electrons. The highest BCUT2D eigenvalue weighted by molar-refractivity contribution is 5.52. The average molecular weight is 264 g/mol. The van der Waals surface area contributed by atoms with Gasteiger partial charge in [0, 0.05) is 36.2 Å². The Morgan fingerprint density at radius 1 is 1.10 bits per heavy atom. The van der Waals surface area contributed by atoms with Crippen molar-refractivity contribution in [3.8, 4) is 5.69 Å². The van der Waals surface area contributed by atoms with Crippen molar-refractivity contribution < 1.29 is 0 Å². The number of aromatic nitrogens is 3. The highest BCUT2D eigenvalue weighted by atomic mass is 15.0. The number of benzene rings is 1. The zero-order chi connectivity index (χ0) is 13.8. The van der Waals surface area contributed by atoms with Crippen LogP contribution in [-0.4, -0.2) is 14.5 Å². The van der Waals surface area contributed by atoms with Gasteiger partial charge in [0.1, 0.15) is 0 Å². The smallest absolute Gasteiger partial charge is 0.0991 e. The van der Waals surface area contributed by atoms with E-state index in [0.29, 0.717) is 0 Å². The minimum absolute atomic E-state index is 0.210. The first kappa shape index (κ1) is 12.4. The van der Waals surface area contributed by atoms with Gasteiger partial charge in [-0.15, -0.1) is 0 Å². The fourth-order valence-electron chi connectivity index (χ4n) is 2.13. The second-order valence-electron chi connectivity index (χ2n) is 4.67. The van der Waals surface area contributed by atoms with Crippen LogP contribution in [0.3, 0.4) is 0 Å². The zero-order valence-electron chi connectivity index (χ0n) is 11.3. The number of rotatable bonds is 4. The van der Waals surface area contributed by atoms with Gasteiger partial charge in [0.05, 0.1) is 12.4 Å². The fraction of sp³-hybridized carbons (Fsp3) is 0.125. The average Bonchev–Trinajstić information content (AvgIpc) is 3.03. The van der Waals surface area contributed by atoms with Crippen LogP contribution in [0.2, 0.25) is 0 Å². The monoisotopic (exact) mass is 264 g/mol. The zero-order valence-corrected chi connectivity index (χ0v) is 11.3. The first-order chi connectivity index (χ1) is 9.83. The molecule has 0 saturated carbocycles. The van der Waals surface area contributed by atoms with Crippen LogP contribution >= 0.6 is 0 Å². The van der Waals surface area contributed by atoms with Gasteiger partial charge in [0.2, 0.25) is 0 Å². The number of imidazole rings is 1. The van der Waals surface area contributed by atoms with Crippen molar-refractivity contribution in [3.05, 3.63) is 73.1 Å². The SMILES string of the molecule is CC(Nc1cccc(-n2ccnc2)c1)c1cccnc1. The Morgan fingerprint density at radius 2 is 2.05 bits per heavy atom. The van der Waals surface area contributed by atoms with Crippen LogP contribution in [0.15, 0.2) is 67.5 Å². The molecule has 0 bridgehead atoms. The summed E-state index contributed by atoms with van der Waals surface area (Å²) in [5.74, 6) is 0. The van der Waals surface area contributed by atoms with Gasteiger partial charge in [-0.05, 0) is 36.8 Å². The Balaban J connectivity index is 1.80. The van der Waals surface area contributed by atoms with Gasteiger partial charge in [-0.25, -0.2) is 4.98 Å². The maximum Gasteiger partial charge on any atom is 0.0991 e. The first-order valence-electron chi connectivity index (χ1n) is 6.58. The van der Waals surface area contributed by atoms with E-state index in [1.165, 1.54) is 5.56 Å². The van der Waals surface area contributed by atoms with E-state index in [1.807, 2.05) is 29.1 Å². The van der Waals surface area contributed by atoms with Gasteiger partial charge in [-0.3, -0.25) is 4.98 Å². The van der Waals surface area contributed by atoms with E-state index in [2.05, 4.69) is 46.5 Å². The normalized spacial score (nSPS) is 12.1. The van der Waals surface area contributed by atoms with E-state index >= 15 is 0 Å². The van der Waals surface area contributed by atoms with Crippen LogP contribution in [0.1, 0.15) is 18.5 Å². The number of anilines is 1. The molecule has 0 aliphatic rings. The Labute approximate surface area is 118 Å². The Hall–Kier alpha value is -2.62. The van der Waals surface area contributed by atoms with Crippen LogP contribution in [0, 0.1) is 0 Å². The predicted octanol–water partition coefficient (Wildman–Crippen LogP) is 3.44. The summed E-state index contributed by atoms with van der Waals surface area (Å²) in [6.45, 7) is 2.13. The second-order valence-corrected chi connectivity index (χ2v) is 4.67. The standard InChI is InChI=1S/C16H16N4/c1-13(14-4-3-7-17-11-14)19-15-5-2-6-16(10-15)20-9-8-18-12-20/h2-13,19H,1H3. The molecule has 2 aromatic heterocycles. The maximum atomic E-state index is 4.15. The molecule has 4 nitrogen and oxygen atoms in total. The summed E-state index contributed by atoms with van der Waals surface area (Å²) >= 11 is 0. The van der Waals surface area contributed by atoms with E-state index in [0.717, 1.165) is 11.4 Å². The van der Waals surface area contributed by atoms with Gasteiger partial charge in [-0.2, -0.15) is 0 Å². The molecule has 2 heterocycles. The van der Waals surface area contributed by atoms with Gasteiger partial charge >= 0.3 is 0 Å². The van der Waals surface area contributed by atoms with E-state index in [4.69, 9.17) is 0 Å². The van der Waals surface area contributed by atoms with Crippen LogP contribution in [0.25, 0.3) is 5.69 Å². The summed E-state index contributed by atoms with van der Waals surface area (Å²) < 4.78 is 1.99. The number of pyridine rings is 1. The molecule has 1 N–H and O–H groups in total. The maximum absolute atomic E-state index is 4.15. The highest BCUT2D eigenvalue weighted by Crippen LogP contribution is 2.20. The molecule has 0 saturated heterocycles. The quantitative estimate of drug-likeness (QED) is 0.785. The molecular formula is C16H16N4. The number of hydrogen-bond acceptors (Lipinski definition) is 3. The van der Waals surface area contributed by atoms with Gasteiger partial charge in [-0.1, -0.05) is 12.1 Å². The molecule has 1 aromatic carbocycles. The third kappa shape index (κ3) is 2.69. The molecule has 0 fully saturated rings. The molecule has 3 aromatic rings. The summed E-state index contributed by atoms with van der Waals surface area (Å²) in [5, 5.41) is 3.49. The molecule has 0 amide bonds. The van der Waals surface area contributed by atoms with Gasteiger partial charge < -0.3 is 9.88 Å². The third-order valence-corrected chi connectivity index (χ3v) is 3.22. The van der Waals surface area contributed by atoms with Gasteiger partial charge in [0.25, 0.3) is 0 Å². The van der Waals surface area contributed by atoms with Crippen molar-refractivity contribution in [2.75, 3.05) is 5.32 Å². The van der Waals surface area contributed by atoms with E-state index in [9.17, 15) is 0 Å². The Kier molecular flexibility index (Phi) is 3.46. The lowest BCUT2D eigenvalue weighted by atomic mass is 10.1. The summed E-state index contributed by atoms with van der Waals surface area (Å²) in [7, 11) is 0. The molecular weight excluding hydrogens is 248 g/mol. The number of nitrogens with zero attached hydrogens (tertiary/aromatic N) is 3. The van der Waals surface area contributed by atoms with Crippen molar-refractivity contribution in [1.82, 2.24) is 14.5 Å². The topological polar surface area (TPSA) is 42.7 Å². The van der Waals surface area contributed by atoms with Crippen LogP contribution in [0.4, 0.5) is 5.69 Å². The van der Waals surface area contributed by atoms with E-state index in [-0.39, 0.29) is 6.04 Å². The fourth-order valence-corrected chi connectivity index (χ4v) is 2.13. The van der Waals surface area contributed by atoms with Crippen molar-refractivity contribution in [2.45, 2.75) is 13.0 Å². The molecule has 4 heteroatoms. The molecule has 0 spiro atoms. The molecule has 20 heavy (non-hydrogen) atoms. The summed E-state index contributed by atoms with van der Waals surface area (Å²) in [6, 6.07) is 12.5. The molecule has 0 aliphatic heterocycles. The molecule has 1 unspecified atom stereocenters. The lowest BCUT2D eigenvalue weighted by Crippen LogP contribution is -2.07. The number of nitrogens with one attached hydrogen (secondary N) is 1. The number of hydrogen-bond donors (Lipinski definition) is 1. The Bertz CT molecular complexity index is 662. The van der Waals surface area contributed by atoms with Crippen molar-refractivity contribution in [2.24, 2.45) is 0 Å². The minimum Gasteiger partial charge on any atom is -0.378 e. The lowest BCUT2D eigenvalue weighted by Gasteiger charge is -2.16. The van der Waals surface area contributed by atoms with Gasteiger partial charge in [0.15, 0.2) is 0 Å². The van der Waals surface area contributed by atoms with Crippen molar-refractivity contribution >= 4 is 5.69 Å². The van der Waals surface area contributed by atoms with Crippen LogP contribution in [0.5, 0.6) is 0 Å². The van der Waals surface area contributed by atoms with Crippen LogP contribution in [-0.2, 0) is 0 Å². The summed E-state index contributed by atoms with van der Waals surface area (Å²) in [5.41, 5.74) is 3.33. The van der Waals surface area contributed by atoms with Crippen molar-refractivity contribution in [3.63, 3.8) is 0 Å². The molecule has 100 valence electrons. The van der Waals surface area contributed by atoms with Crippen LogP contribution < -0.4 is 5.32 Å². The molecule has 3 rings (SSSR count). The van der Waals surface area contributed by atoms with E-state index in [1.54, 1.807) is 18.7 Å². The summed E-state index contributed by atoms with van der Waals surface area (Å²) in [6.07, 6.45) is 9.18. The molecule has 1 atom stereocenters. The minimum atomic E-state index is 0.210. The highest BCUT2D eigenvalue weighted by Gasteiger charge is 2.05. The second kappa shape index (κ2) is 5.57. The Morgan fingerprint density at radius 3 is 2.80 bits per heavy atom. The van der Waals surface area contributed by atoms with Crippen molar-refractivity contribution in [1.29, 1.82) is 0 Å². The largest absolute Gasteiger partial charge is 0.378 e. The predicted molar refractivity (Wildman–Crippen MR) is 79.8 cm³/mol. The first-order valence-corrected chi connectivity index (χ1v) is 6.58. The van der Waals surface area contributed by atoms with E-state index < -0.39 is 0 Å². The lowest BCUT2D eigenvalue weighted by molar-refractivity contribution is 0.875. The summed E-state index contributed by atoms with van der Waals surface area (Å²) in [4.78, 5) is 8.22.